The van der Waals surface area contributed by atoms with E-state index in [1.807, 2.05) is 0 Å². The maximum absolute atomic E-state index is 2.26. The summed E-state index contributed by atoms with van der Waals surface area (Å²) in [5.74, 6) is 0. The van der Waals surface area contributed by atoms with Gasteiger partial charge in [-0.2, -0.15) is 0 Å². The van der Waals surface area contributed by atoms with Gasteiger partial charge in [0.25, 0.3) is 0 Å². The number of hydrogen-bond acceptors (Lipinski definition) is 1. The normalized spacial score (nSPS) is 10.8. The highest BCUT2D eigenvalue weighted by molar-refractivity contribution is 5.42. The lowest BCUT2D eigenvalue weighted by molar-refractivity contribution is 0.316. The van der Waals surface area contributed by atoms with Gasteiger partial charge in [0.05, 0.1) is 19.6 Å². The van der Waals surface area contributed by atoms with Gasteiger partial charge in [-0.25, -0.2) is 0 Å². The summed E-state index contributed by atoms with van der Waals surface area (Å²) in [4.78, 5) is 0. The van der Waals surface area contributed by atoms with Crippen molar-refractivity contribution in [1.29, 1.82) is 0 Å². The average Bonchev–Trinajstić information content (AvgIpc) is 2.23. The Kier molecular flexibility index (Phi) is 5.43. The Bertz CT molecular complexity index is 233. The minimum absolute atomic E-state index is 0. The van der Waals surface area contributed by atoms with Crippen LogP contribution >= 0.6 is 0 Å². The van der Waals surface area contributed by atoms with Crippen LogP contribution in [0.4, 0.5) is 5.69 Å². The van der Waals surface area contributed by atoms with E-state index >= 15 is 0 Å². The molecule has 2 nitrogen and oxygen atoms in total. The van der Waals surface area contributed by atoms with Crippen molar-refractivity contribution in [3.63, 3.8) is 0 Å². The van der Waals surface area contributed by atoms with Gasteiger partial charge in [-0.15, -0.1) is 0 Å². The third-order valence-electron chi connectivity index (χ3n) is 3.12. The highest BCUT2D eigenvalue weighted by atomic mass is 16.0. The van der Waals surface area contributed by atoms with Crippen LogP contribution in [0.15, 0.2) is 30.3 Å². The Labute approximate surface area is 87.1 Å². The third kappa shape index (κ3) is 2.34. The van der Waals surface area contributed by atoms with Crippen molar-refractivity contribution in [3.05, 3.63) is 30.3 Å². The molecular formula is C12H21NO. The van der Waals surface area contributed by atoms with E-state index in [9.17, 15) is 0 Å². The Morgan fingerprint density at radius 2 is 1.29 bits per heavy atom. The summed E-state index contributed by atoms with van der Waals surface area (Å²) < 4.78 is 1.10. The van der Waals surface area contributed by atoms with Gasteiger partial charge >= 0.3 is 0 Å². The van der Waals surface area contributed by atoms with Crippen molar-refractivity contribution in [3.8, 4) is 0 Å². The van der Waals surface area contributed by atoms with Crippen molar-refractivity contribution >= 4 is 5.69 Å². The predicted molar refractivity (Wildman–Crippen MR) is 61.8 cm³/mol. The molecule has 0 aliphatic carbocycles. The molecule has 0 aromatic heterocycles. The van der Waals surface area contributed by atoms with Gasteiger partial charge in [0.15, 0.2) is 0 Å². The fraction of sp³-hybridized carbons (Fsp3) is 0.500. The van der Waals surface area contributed by atoms with E-state index in [-0.39, 0.29) is 5.48 Å². The van der Waals surface area contributed by atoms with E-state index in [4.69, 9.17) is 0 Å². The van der Waals surface area contributed by atoms with Crippen LogP contribution in [0.3, 0.4) is 0 Å². The first-order valence-corrected chi connectivity index (χ1v) is 5.20. The molecule has 0 saturated carbocycles. The van der Waals surface area contributed by atoms with Crippen LogP contribution in [0.2, 0.25) is 0 Å². The van der Waals surface area contributed by atoms with Crippen LogP contribution in [0.5, 0.6) is 0 Å². The van der Waals surface area contributed by atoms with E-state index in [0.29, 0.717) is 0 Å². The smallest absolute Gasteiger partial charge is 0.132 e. The highest BCUT2D eigenvalue weighted by Crippen LogP contribution is 2.21. The highest BCUT2D eigenvalue weighted by Gasteiger charge is 2.23. The molecule has 0 aliphatic rings. The largest absolute Gasteiger partial charge is 0.870 e. The molecule has 0 saturated heterocycles. The summed E-state index contributed by atoms with van der Waals surface area (Å²) in [5, 5.41) is 0. The monoisotopic (exact) mass is 195 g/mol. The van der Waals surface area contributed by atoms with Crippen LogP contribution in [-0.2, 0) is 0 Å². The molecule has 1 aromatic carbocycles. The number of benzene rings is 1. The second kappa shape index (κ2) is 5.78. The quantitative estimate of drug-likeness (QED) is 0.679. The molecule has 0 atom stereocenters. The van der Waals surface area contributed by atoms with Gasteiger partial charge in [-0.05, 0) is 32.9 Å². The second-order valence-corrected chi connectivity index (χ2v) is 3.43. The molecule has 0 amide bonds. The zero-order valence-corrected chi connectivity index (χ0v) is 9.40. The van der Waals surface area contributed by atoms with Crippen molar-refractivity contribution < 1.29 is 5.48 Å². The van der Waals surface area contributed by atoms with Crippen molar-refractivity contribution in [2.45, 2.75) is 20.8 Å². The number of para-hydroxylation sites is 1. The zero-order valence-electron chi connectivity index (χ0n) is 9.40. The average molecular weight is 195 g/mol. The van der Waals surface area contributed by atoms with Gasteiger partial charge in [-0.1, -0.05) is 18.2 Å². The summed E-state index contributed by atoms with van der Waals surface area (Å²) in [6.07, 6.45) is 0. The van der Waals surface area contributed by atoms with Crippen LogP contribution in [0.1, 0.15) is 20.8 Å². The lowest BCUT2D eigenvalue weighted by Crippen LogP contribution is -2.48. The molecule has 14 heavy (non-hydrogen) atoms. The van der Waals surface area contributed by atoms with Gasteiger partial charge in [0.2, 0.25) is 0 Å². The molecule has 0 spiro atoms. The van der Waals surface area contributed by atoms with Gasteiger partial charge < -0.3 is 5.48 Å². The molecule has 0 heterocycles. The minimum Gasteiger partial charge on any atom is -0.870 e. The minimum atomic E-state index is 0. The third-order valence-corrected chi connectivity index (χ3v) is 3.12. The first-order valence-electron chi connectivity index (χ1n) is 5.20. The van der Waals surface area contributed by atoms with Crippen molar-refractivity contribution in [1.82, 2.24) is 4.48 Å². The molecule has 0 fully saturated rings. The molecule has 1 N–H and O–H groups in total. The van der Waals surface area contributed by atoms with Crippen LogP contribution in [0.25, 0.3) is 0 Å². The van der Waals surface area contributed by atoms with E-state index in [1.54, 1.807) is 0 Å². The fourth-order valence-corrected chi connectivity index (χ4v) is 1.96. The van der Waals surface area contributed by atoms with Crippen LogP contribution in [0, 0.1) is 0 Å². The maximum Gasteiger partial charge on any atom is 0.132 e. The Morgan fingerprint density at radius 1 is 0.857 bits per heavy atom. The second-order valence-electron chi connectivity index (χ2n) is 3.43. The SMILES string of the molecule is CC[N+](CC)(CC)c1ccccc1.[OH-]. The number of quaternary nitrogens is 1. The van der Waals surface area contributed by atoms with Crippen molar-refractivity contribution in [2.75, 3.05) is 19.6 Å². The Morgan fingerprint density at radius 3 is 1.64 bits per heavy atom. The first kappa shape index (κ1) is 13.1. The molecular weight excluding hydrogens is 174 g/mol. The Balaban J connectivity index is 0.00000169. The topological polar surface area (TPSA) is 30.0 Å². The first-order chi connectivity index (χ1) is 6.29. The Hall–Kier alpha value is -0.860. The maximum atomic E-state index is 2.26. The molecule has 0 bridgehead atoms. The van der Waals surface area contributed by atoms with Gasteiger partial charge in [0.1, 0.15) is 5.69 Å². The molecule has 1 rings (SSSR count). The zero-order chi connectivity index (χ0) is 9.73. The molecule has 80 valence electrons. The molecule has 0 aliphatic heterocycles. The molecule has 1 aromatic rings. The van der Waals surface area contributed by atoms with Gasteiger partial charge in [0, 0.05) is 0 Å². The fourth-order valence-electron chi connectivity index (χ4n) is 1.96. The number of nitrogens with zero attached hydrogens (tertiary/aromatic N) is 1. The van der Waals surface area contributed by atoms with E-state index < -0.39 is 0 Å². The summed E-state index contributed by atoms with van der Waals surface area (Å²) >= 11 is 0. The van der Waals surface area contributed by atoms with Crippen molar-refractivity contribution in [2.24, 2.45) is 0 Å². The summed E-state index contributed by atoms with van der Waals surface area (Å²) in [6, 6.07) is 10.8. The lowest BCUT2D eigenvalue weighted by atomic mass is 10.2. The van der Waals surface area contributed by atoms with Crippen LogP contribution in [-0.4, -0.2) is 25.1 Å². The number of rotatable bonds is 4. The van der Waals surface area contributed by atoms with Crippen LogP contribution < -0.4 is 4.48 Å². The standard InChI is InChI=1S/C12H20N.H2O/c1-4-13(5-2,6-3)12-10-8-7-9-11-12;/h7-11H,4-6H2,1-3H3;1H2/q+1;/p-1. The predicted octanol–water partition coefficient (Wildman–Crippen LogP) is 2.88. The van der Waals surface area contributed by atoms with E-state index in [0.717, 1.165) is 4.48 Å². The van der Waals surface area contributed by atoms with E-state index in [2.05, 4.69) is 51.1 Å². The van der Waals surface area contributed by atoms with Gasteiger partial charge in [-0.3, -0.25) is 4.48 Å². The molecule has 0 radical (unpaired) electrons. The lowest BCUT2D eigenvalue weighted by Gasteiger charge is -2.35. The van der Waals surface area contributed by atoms with E-state index in [1.165, 1.54) is 25.3 Å². The molecule has 0 unspecified atom stereocenters. The summed E-state index contributed by atoms with van der Waals surface area (Å²) in [7, 11) is 0. The number of hydrogen-bond donors (Lipinski definition) is 0. The summed E-state index contributed by atoms with van der Waals surface area (Å²) in [6.45, 7) is 10.3. The summed E-state index contributed by atoms with van der Waals surface area (Å²) in [5.41, 5.74) is 1.44. The molecule has 2 heteroatoms.